The first-order chi connectivity index (χ1) is 15.0. The fraction of sp³-hybridized carbons (Fsp3) is 0.238. The summed E-state index contributed by atoms with van der Waals surface area (Å²) >= 11 is 1.57. The van der Waals surface area contributed by atoms with Gasteiger partial charge in [0.2, 0.25) is 10.0 Å². The van der Waals surface area contributed by atoms with Gasteiger partial charge < -0.3 is 5.32 Å². The molecule has 170 valence electrons. The van der Waals surface area contributed by atoms with Gasteiger partial charge in [-0.15, -0.1) is 11.3 Å². The number of halogens is 3. The lowest BCUT2D eigenvalue weighted by Gasteiger charge is -2.10. The number of carbonyl (C=O) groups excluding carboxylic acids is 1. The van der Waals surface area contributed by atoms with Crippen LogP contribution in [0, 0.1) is 6.92 Å². The standard InChI is InChI=1S/C21H20F3N3O3S2/c1-14-27-19(12-31-14)16-7-5-15(6-8-16)9-10-25-20(28)17-3-2-4-18(11-17)32(29,30)26-13-21(22,23)24/h2-8,11-12,26H,9-10,13H2,1H3,(H,25,28). The maximum Gasteiger partial charge on any atom is 0.402 e. The molecule has 3 rings (SSSR count). The summed E-state index contributed by atoms with van der Waals surface area (Å²) in [4.78, 5) is 16.4. The highest BCUT2D eigenvalue weighted by molar-refractivity contribution is 7.89. The van der Waals surface area contributed by atoms with Crippen LogP contribution in [-0.4, -0.2) is 38.6 Å². The topological polar surface area (TPSA) is 88.2 Å². The second kappa shape index (κ2) is 9.80. The monoisotopic (exact) mass is 483 g/mol. The Morgan fingerprint density at radius 1 is 1.12 bits per heavy atom. The maximum absolute atomic E-state index is 12.4. The molecule has 0 atom stereocenters. The minimum atomic E-state index is -4.68. The molecule has 0 spiro atoms. The van der Waals surface area contributed by atoms with Gasteiger partial charge in [0, 0.05) is 23.1 Å². The van der Waals surface area contributed by atoms with E-state index in [0.29, 0.717) is 13.0 Å². The number of rotatable bonds is 8. The van der Waals surface area contributed by atoms with E-state index in [-0.39, 0.29) is 5.56 Å². The van der Waals surface area contributed by atoms with Crippen LogP contribution in [0.4, 0.5) is 13.2 Å². The number of sulfonamides is 1. The van der Waals surface area contributed by atoms with E-state index in [1.807, 2.05) is 36.6 Å². The highest BCUT2D eigenvalue weighted by atomic mass is 32.2. The first-order valence-corrected chi connectivity index (χ1v) is 11.9. The molecule has 11 heteroatoms. The van der Waals surface area contributed by atoms with Crippen LogP contribution in [0.1, 0.15) is 20.9 Å². The van der Waals surface area contributed by atoms with Crippen molar-refractivity contribution in [3.63, 3.8) is 0 Å². The van der Waals surface area contributed by atoms with Crippen LogP contribution in [0.15, 0.2) is 58.8 Å². The molecule has 0 bridgehead atoms. The number of nitrogens with zero attached hydrogens (tertiary/aromatic N) is 1. The zero-order valence-corrected chi connectivity index (χ0v) is 18.6. The summed E-state index contributed by atoms with van der Waals surface area (Å²) in [5.74, 6) is -0.521. The number of hydrogen-bond acceptors (Lipinski definition) is 5. The van der Waals surface area contributed by atoms with E-state index in [0.717, 1.165) is 34.0 Å². The van der Waals surface area contributed by atoms with Gasteiger partial charge in [-0.1, -0.05) is 30.3 Å². The molecule has 0 unspecified atom stereocenters. The van der Waals surface area contributed by atoms with Crippen molar-refractivity contribution >= 4 is 27.3 Å². The summed E-state index contributed by atoms with van der Waals surface area (Å²) in [6.45, 7) is 0.555. The first kappa shape index (κ1) is 23.9. The van der Waals surface area contributed by atoms with Crippen molar-refractivity contribution in [2.24, 2.45) is 0 Å². The van der Waals surface area contributed by atoms with Gasteiger partial charge >= 0.3 is 6.18 Å². The third-order valence-corrected chi connectivity index (χ3v) is 6.61. The molecule has 1 amide bonds. The largest absolute Gasteiger partial charge is 0.402 e. The number of nitrogens with one attached hydrogen (secondary N) is 2. The summed E-state index contributed by atoms with van der Waals surface area (Å²) < 4.78 is 62.5. The molecule has 0 saturated carbocycles. The quantitative estimate of drug-likeness (QED) is 0.508. The van der Waals surface area contributed by atoms with Crippen molar-refractivity contribution in [2.45, 2.75) is 24.4 Å². The van der Waals surface area contributed by atoms with Crippen LogP contribution in [0.2, 0.25) is 0 Å². The maximum atomic E-state index is 12.4. The lowest BCUT2D eigenvalue weighted by Crippen LogP contribution is -2.34. The Balaban J connectivity index is 1.56. The molecule has 3 aromatic rings. The van der Waals surface area contributed by atoms with Gasteiger partial charge in [-0.3, -0.25) is 4.79 Å². The van der Waals surface area contributed by atoms with Crippen molar-refractivity contribution in [1.82, 2.24) is 15.0 Å². The molecule has 6 nitrogen and oxygen atoms in total. The van der Waals surface area contributed by atoms with Crippen LogP contribution >= 0.6 is 11.3 Å². The van der Waals surface area contributed by atoms with Gasteiger partial charge in [0.25, 0.3) is 5.91 Å². The van der Waals surface area contributed by atoms with E-state index >= 15 is 0 Å². The molecule has 0 aliphatic rings. The van der Waals surface area contributed by atoms with Crippen LogP contribution in [0.5, 0.6) is 0 Å². The third-order valence-electron chi connectivity index (χ3n) is 4.44. The lowest BCUT2D eigenvalue weighted by molar-refractivity contribution is -0.121. The molecule has 0 fully saturated rings. The highest BCUT2D eigenvalue weighted by Gasteiger charge is 2.30. The zero-order valence-electron chi connectivity index (χ0n) is 16.9. The van der Waals surface area contributed by atoms with E-state index in [4.69, 9.17) is 0 Å². The lowest BCUT2D eigenvalue weighted by atomic mass is 10.1. The Labute approximate surface area is 187 Å². The smallest absolute Gasteiger partial charge is 0.352 e. The summed E-state index contributed by atoms with van der Waals surface area (Å²) in [6.07, 6.45) is -4.13. The van der Waals surface area contributed by atoms with E-state index in [1.54, 1.807) is 11.3 Å². The van der Waals surface area contributed by atoms with E-state index in [9.17, 15) is 26.4 Å². The molecular weight excluding hydrogens is 463 g/mol. The molecule has 32 heavy (non-hydrogen) atoms. The molecule has 0 radical (unpaired) electrons. The first-order valence-electron chi connectivity index (χ1n) is 9.50. The molecule has 2 aromatic carbocycles. The van der Waals surface area contributed by atoms with Crippen molar-refractivity contribution in [3.8, 4) is 11.3 Å². The SMILES string of the molecule is Cc1nc(-c2ccc(CCNC(=O)c3cccc(S(=O)(=O)NCC(F)(F)F)c3)cc2)cs1. The van der Waals surface area contributed by atoms with Crippen LogP contribution < -0.4 is 10.0 Å². The second-order valence-electron chi connectivity index (χ2n) is 6.92. The number of amides is 1. The summed E-state index contributed by atoms with van der Waals surface area (Å²) in [6, 6.07) is 12.6. The Hall–Kier alpha value is -2.76. The number of benzene rings is 2. The number of aromatic nitrogens is 1. The Morgan fingerprint density at radius 3 is 2.47 bits per heavy atom. The van der Waals surface area contributed by atoms with Gasteiger partial charge in [0.1, 0.15) is 6.54 Å². The molecule has 1 aromatic heterocycles. The van der Waals surface area contributed by atoms with E-state index in [1.165, 1.54) is 16.9 Å². The number of aryl methyl sites for hydroxylation is 1. The van der Waals surface area contributed by atoms with Crippen molar-refractivity contribution in [3.05, 3.63) is 70.0 Å². The van der Waals surface area contributed by atoms with Crippen LogP contribution in [0.25, 0.3) is 11.3 Å². The van der Waals surface area contributed by atoms with E-state index < -0.39 is 33.5 Å². The normalized spacial score (nSPS) is 12.0. The molecular formula is C21H20F3N3O3S2. The number of hydrogen-bond donors (Lipinski definition) is 2. The van der Waals surface area contributed by atoms with Crippen LogP contribution in [0.3, 0.4) is 0 Å². The van der Waals surface area contributed by atoms with Gasteiger partial charge in [-0.25, -0.2) is 18.1 Å². The van der Waals surface area contributed by atoms with Gasteiger partial charge in [0.15, 0.2) is 0 Å². The van der Waals surface area contributed by atoms with Gasteiger partial charge in [-0.2, -0.15) is 13.2 Å². The van der Waals surface area contributed by atoms with E-state index in [2.05, 4.69) is 10.3 Å². The number of carbonyl (C=O) groups is 1. The molecule has 0 aliphatic carbocycles. The summed E-state index contributed by atoms with van der Waals surface area (Å²) in [5.41, 5.74) is 2.94. The Morgan fingerprint density at radius 2 is 1.84 bits per heavy atom. The predicted molar refractivity (Wildman–Crippen MR) is 116 cm³/mol. The highest BCUT2D eigenvalue weighted by Crippen LogP contribution is 2.22. The Kier molecular flexibility index (Phi) is 7.32. The van der Waals surface area contributed by atoms with Crippen molar-refractivity contribution < 1.29 is 26.4 Å². The molecule has 0 aliphatic heterocycles. The fourth-order valence-electron chi connectivity index (χ4n) is 2.83. The Bertz CT molecular complexity index is 1190. The minimum Gasteiger partial charge on any atom is -0.352 e. The predicted octanol–water partition coefficient (Wildman–Crippen LogP) is 3.93. The second-order valence-corrected chi connectivity index (χ2v) is 9.75. The van der Waals surface area contributed by atoms with Crippen molar-refractivity contribution in [1.29, 1.82) is 0 Å². The summed E-state index contributed by atoms with van der Waals surface area (Å²) in [7, 11) is -4.39. The summed E-state index contributed by atoms with van der Waals surface area (Å²) in [5, 5.41) is 5.66. The van der Waals surface area contributed by atoms with Gasteiger partial charge in [-0.05, 0) is 37.1 Å². The van der Waals surface area contributed by atoms with Crippen molar-refractivity contribution in [2.75, 3.05) is 13.1 Å². The third kappa shape index (κ3) is 6.62. The average Bonchev–Trinajstić information content (AvgIpc) is 3.19. The van der Waals surface area contributed by atoms with Gasteiger partial charge in [0.05, 0.1) is 15.6 Å². The molecule has 0 saturated heterocycles. The zero-order chi connectivity index (χ0) is 23.4. The minimum absolute atomic E-state index is 0.0362. The number of thiazole rings is 1. The average molecular weight is 484 g/mol. The fourth-order valence-corrected chi connectivity index (χ4v) is 4.51. The van der Waals surface area contributed by atoms with Crippen LogP contribution in [-0.2, 0) is 16.4 Å². The molecule has 2 N–H and O–H groups in total. The molecule has 1 heterocycles. The number of alkyl halides is 3.